The number of benzene rings is 1. The van der Waals surface area contributed by atoms with Gasteiger partial charge in [0.25, 0.3) is 5.91 Å². The number of rotatable bonds is 6. The second-order valence-corrected chi connectivity index (χ2v) is 10.0. The first-order valence-corrected chi connectivity index (χ1v) is 13.4. The Bertz CT molecular complexity index is 1560. The summed E-state index contributed by atoms with van der Waals surface area (Å²) >= 11 is 0. The normalized spacial score (nSPS) is 18.1. The molecule has 0 fully saturated rings. The Morgan fingerprint density at radius 2 is 2.02 bits per heavy atom. The van der Waals surface area contributed by atoms with Crippen molar-refractivity contribution in [3.63, 3.8) is 0 Å². The van der Waals surface area contributed by atoms with Gasteiger partial charge in [0.05, 0.1) is 11.7 Å². The first-order chi connectivity index (χ1) is 19.3. The summed E-state index contributed by atoms with van der Waals surface area (Å²) in [4.78, 5) is 37.4. The van der Waals surface area contributed by atoms with Crippen molar-refractivity contribution in [3.8, 4) is 11.3 Å². The number of allylic oxidation sites excluding steroid dienone is 3. The van der Waals surface area contributed by atoms with Crippen molar-refractivity contribution < 1.29 is 14.0 Å². The molecule has 0 bridgehead atoms. The number of carbonyl (C=O) groups excluding carboxylic acids is 2. The lowest BCUT2D eigenvalue weighted by Crippen LogP contribution is -2.39. The maximum absolute atomic E-state index is 15.3. The average molecular weight is 538 g/mol. The Labute approximate surface area is 233 Å². The van der Waals surface area contributed by atoms with E-state index in [1.807, 2.05) is 42.8 Å². The molecular weight excluding hydrogens is 505 g/mol. The molecule has 0 aliphatic carbocycles. The van der Waals surface area contributed by atoms with Gasteiger partial charge in [0.15, 0.2) is 6.29 Å². The molecular formula is C32H32FN5O2. The van der Waals surface area contributed by atoms with E-state index in [4.69, 9.17) is 4.99 Å². The predicted octanol–water partition coefficient (Wildman–Crippen LogP) is 6.03. The van der Waals surface area contributed by atoms with Gasteiger partial charge in [-0.15, -0.1) is 0 Å². The van der Waals surface area contributed by atoms with Crippen molar-refractivity contribution in [1.82, 2.24) is 19.4 Å². The standard InChI is InChI=1S/C32H32FN5O2/c1-5-25-18-29(32(40)38-15-7-14-37-13-6-8-30(37)22(38)3)35-31(36(25)4)16-21(2)26-11-10-24(17-27(26)33)28-12-9-23(20-39)19-34-28/h6,8-13,16-20,22H,2,5,7,14-15H2,1,3-4H3/b31-16-. The first kappa shape index (κ1) is 27.0. The van der Waals surface area contributed by atoms with E-state index in [0.29, 0.717) is 58.7 Å². The van der Waals surface area contributed by atoms with Crippen LogP contribution in [0, 0.1) is 5.82 Å². The monoisotopic (exact) mass is 537 g/mol. The fourth-order valence-corrected chi connectivity index (χ4v) is 5.22. The number of amides is 1. The summed E-state index contributed by atoms with van der Waals surface area (Å²) < 4.78 is 17.5. The molecule has 204 valence electrons. The molecule has 1 aromatic carbocycles. The van der Waals surface area contributed by atoms with Crippen molar-refractivity contribution >= 4 is 23.5 Å². The third-order valence-corrected chi connectivity index (χ3v) is 7.55. The number of pyridine rings is 1. The summed E-state index contributed by atoms with van der Waals surface area (Å²) in [5.41, 5.74) is 4.77. The molecule has 1 atom stereocenters. The molecule has 0 spiro atoms. The van der Waals surface area contributed by atoms with Crippen LogP contribution in [-0.4, -0.2) is 50.8 Å². The maximum atomic E-state index is 15.3. The number of carbonyl (C=O) groups is 2. The molecule has 8 heteroatoms. The molecule has 7 nitrogen and oxygen atoms in total. The van der Waals surface area contributed by atoms with E-state index in [1.54, 1.807) is 30.3 Å². The second-order valence-electron chi connectivity index (χ2n) is 10.0. The number of nitrogens with zero attached hydrogens (tertiary/aromatic N) is 5. The van der Waals surface area contributed by atoms with Gasteiger partial charge in [-0.3, -0.25) is 14.6 Å². The van der Waals surface area contributed by atoms with E-state index in [2.05, 4.69) is 28.4 Å². The van der Waals surface area contributed by atoms with Crippen LogP contribution in [0.2, 0.25) is 0 Å². The smallest absolute Gasteiger partial charge is 0.273 e. The Kier molecular flexibility index (Phi) is 7.60. The number of aryl methyl sites for hydroxylation is 1. The molecule has 0 N–H and O–H groups in total. The predicted molar refractivity (Wildman–Crippen MR) is 155 cm³/mol. The van der Waals surface area contributed by atoms with Crippen molar-refractivity contribution in [2.75, 3.05) is 13.6 Å². The molecule has 0 radical (unpaired) electrons. The van der Waals surface area contributed by atoms with E-state index < -0.39 is 5.82 Å². The molecule has 1 amide bonds. The number of fused-ring (bicyclic) bond motifs is 1. The van der Waals surface area contributed by atoms with Crippen LogP contribution in [0.3, 0.4) is 0 Å². The summed E-state index contributed by atoms with van der Waals surface area (Å²) in [6, 6.07) is 12.1. The largest absolute Gasteiger partial charge is 0.350 e. The van der Waals surface area contributed by atoms with Gasteiger partial charge < -0.3 is 14.4 Å². The average Bonchev–Trinajstić information content (AvgIpc) is 3.38. The molecule has 40 heavy (non-hydrogen) atoms. The number of aliphatic imine (C=N–C) groups is 1. The molecule has 3 aromatic rings. The minimum Gasteiger partial charge on any atom is -0.350 e. The zero-order valence-electron chi connectivity index (χ0n) is 23.0. The third kappa shape index (κ3) is 5.17. The van der Waals surface area contributed by atoms with Crippen LogP contribution >= 0.6 is 0 Å². The lowest BCUT2D eigenvalue weighted by atomic mass is 10.0. The zero-order chi connectivity index (χ0) is 28.4. The minimum atomic E-state index is -0.452. The van der Waals surface area contributed by atoms with Gasteiger partial charge in [0.1, 0.15) is 17.3 Å². The van der Waals surface area contributed by atoms with Crippen molar-refractivity contribution in [2.45, 2.75) is 39.3 Å². The number of halogens is 1. The number of hydrogen-bond acceptors (Lipinski definition) is 5. The fraction of sp³-hybridized carbons (Fsp3) is 0.250. The molecule has 0 saturated carbocycles. The van der Waals surface area contributed by atoms with Gasteiger partial charge in [-0.25, -0.2) is 9.38 Å². The Morgan fingerprint density at radius 1 is 1.20 bits per heavy atom. The van der Waals surface area contributed by atoms with Crippen LogP contribution in [0.25, 0.3) is 16.8 Å². The summed E-state index contributed by atoms with van der Waals surface area (Å²) in [5, 5.41) is 0. The van der Waals surface area contributed by atoms with E-state index in [0.717, 1.165) is 24.4 Å². The van der Waals surface area contributed by atoms with E-state index in [1.165, 1.54) is 12.3 Å². The van der Waals surface area contributed by atoms with Crippen LogP contribution in [-0.2, 0) is 11.3 Å². The highest BCUT2D eigenvalue weighted by molar-refractivity contribution is 6.43. The van der Waals surface area contributed by atoms with Gasteiger partial charge in [-0.1, -0.05) is 25.6 Å². The summed E-state index contributed by atoms with van der Waals surface area (Å²) in [5.74, 6) is -0.0542. The number of aldehydes is 1. The SMILES string of the molecule is C=C(/C=C1/N=C(C(=O)N2CCCn3cccc3C2C)C=C(CC)N1C)c1ccc(-c2ccc(C=O)cn2)cc1F. The Hall–Kier alpha value is -4.59. The van der Waals surface area contributed by atoms with Gasteiger partial charge in [0.2, 0.25) is 0 Å². The van der Waals surface area contributed by atoms with E-state index >= 15 is 4.39 Å². The van der Waals surface area contributed by atoms with Crippen LogP contribution in [0.1, 0.15) is 54.3 Å². The summed E-state index contributed by atoms with van der Waals surface area (Å²) in [6.45, 7) is 9.70. The molecule has 2 aromatic heterocycles. The van der Waals surface area contributed by atoms with E-state index in [9.17, 15) is 9.59 Å². The highest BCUT2D eigenvalue weighted by Gasteiger charge is 2.30. The van der Waals surface area contributed by atoms with Crippen LogP contribution in [0.15, 0.2) is 90.1 Å². The van der Waals surface area contributed by atoms with Crippen LogP contribution in [0.5, 0.6) is 0 Å². The number of hydrogen-bond donors (Lipinski definition) is 0. The third-order valence-electron chi connectivity index (χ3n) is 7.55. The molecule has 0 saturated heterocycles. The lowest BCUT2D eigenvalue weighted by Gasteiger charge is -2.31. The lowest BCUT2D eigenvalue weighted by molar-refractivity contribution is -0.126. The highest BCUT2D eigenvalue weighted by Crippen LogP contribution is 2.30. The molecule has 5 rings (SSSR count). The van der Waals surface area contributed by atoms with Gasteiger partial charge >= 0.3 is 0 Å². The summed E-state index contributed by atoms with van der Waals surface area (Å²) in [6.07, 6.45) is 9.34. The number of aromatic nitrogens is 2. The first-order valence-electron chi connectivity index (χ1n) is 13.4. The van der Waals surface area contributed by atoms with Gasteiger partial charge in [0, 0.05) is 60.6 Å². The maximum Gasteiger partial charge on any atom is 0.273 e. The second kappa shape index (κ2) is 11.3. The van der Waals surface area contributed by atoms with Crippen LogP contribution in [0.4, 0.5) is 4.39 Å². The van der Waals surface area contributed by atoms with Crippen molar-refractivity contribution in [1.29, 1.82) is 0 Å². The quantitative estimate of drug-likeness (QED) is 0.360. The summed E-state index contributed by atoms with van der Waals surface area (Å²) in [7, 11) is 1.88. The Morgan fingerprint density at radius 3 is 2.73 bits per heavy atom. The van der Waals surface area contributed by atoms with Gasteiger partial charge in [-0.05, 0) is 67.8 Å². The van der Waals surface area contributed by atoms with Crippen molar-refractivity contribution in [3.05, 3.63) is 108 Å². The molecule has 2 aliphatic rings. The topological polar surface area (TPSA) is 70.8 Å². The van der Waals surface area contributed by atoms with Crippen LogP contribution < -0.4 is 0 Å². The highest BCUT2D eigenvalue weighted by atomic mass is 19.1. The van der Waals surface area contributed by atoms with Gasteiger partial charge in [-0.2, -0.15) is 0 Å². The Balaban J connectivity index is 1.43. The molecule has 2 aliphatic heterocycles. The fourth-order valence-electron chi connectivity index (χ4n) is 5.22. The van der Waals surface area contributed by atoms with Crippen molar-refractivity contribution in [2.24, 2.45) is 4.99 Å². The zero-order valence-corrected chi connectivity index (χ0v) is 23.0. The molecule has 4 heterocycles. The molecule has 1 unspecified atom stereocenters. The van der Waals surface area contributed by atoms with E-state index in [-0.39, 0.29) is 11.9 Å². The minimum absolute atomic E-state index is 0.0787.